The van der Waals surface area contributed by atoms with Crippen LogP contribution in [0.25, 0.3) is 10.2 Å². The standard InChI is InChI=1S/C15H19N5S/c1-5-16-14-13-9(2)10(3)21-15(13)19-12(18-14)8-20-7-6-17-11(20)4/h6-7H,5,8H2,1-4H3,(H,16,18,19). The molecule has 6 heteroatoms. The fourth-order valence-corrected chi connectivity index (χ4v) is 3.43. The summed E-state index contributed by atoms with van der Waals surface area (Å²) in [5, 5.41) is 4.53. The lowest BCUT2D eigenvalue weighted by Gasteiger charge is -2.09. The minimum atomic E-state index is 0.649. The summed E-state index contributed by atoms with van der Waals surface area (Å²) in [5.74, 6) is 2.74. The fraction of sp³-hybridized carbons (Fsp3) is 0.400. The second-order valence-corrected chi connectivity index (χ2v) is 6.29. The Morgan fingerprint density at radius 3 is 2.71 bits per heavy atom. The number of nitrogens with one attached hydrogen (secondary N) is 1. The maximum absolute atomic E-state index is 4.73. The zero-order chi connectivity index (χ0) is 15.0. The Bertz CT molecular complexity index is 787. The van der Waals surface area contributed by atoms with Gasteiger partial charge < -0.3 is 9.88 Å². The molecule has 21 heavy (non-hydrogen) atoms. The lowest BCUT2D eigenvalue weighted by molar-refractivity contribution is 0.722. The van der Waals surface area contributed by atoms with E-state index >= 15 is 0 Å². The van der Waals surface area contributed by atoms with Gasteiger partial charge in [-0.15, -0.1) is 11.3 Å². The number of thiophene rings is 1. The number of aryl methyl sites for hydroxylation is 3. The monoisotopic (exact) mass is 301 g/mol. The summed E-state index contributed by atoms with van der Waals surface area (Å²) >= 11 is 1.73. The largest absolute Gasteiger partial charge is 0.370 e. The van der Waals surface area contributed by atoms with Crippen molar-refractivity contribution in [3.8, 4) is 0 Å². The van der Waals surface area contributed by atoms with Crippen LogP contribution in [-0.4, -0.2) is 26.1 Å². The van der Waals surface area contributed by atoms with Gasteiger partial charge in [0.25, 0.3) is 0 Å². The van der Waals surface area contributed by atoms with Crippen LogP contribution in [0.5, 0.6) is 0 Å². The molecule has 0 aliphatic rings. The average molecular weight is 301 g/mol. The summed E-state index contributed by atoms with van der Waals surface area (Å²) in [4.78, 5) is 16.1. The number of imidazole rings is 1. The van der Waals surface area contributed by atoms with Crippen molar-refractivity contribution in [3.63, 3.8) is 0 Å². The first-order chi connectivity index (χ1) is 10.1. The molecule has 0 aliphatic carbocycles. The molecule has 0 aliphatic heterocycles. The summed E-state index contributed by atoms with van der Waals surface area (Å²) in [5.41, 5.74) is 1.27. The van der Waals surface area contributed by atoms with Crippen LogP contribution in [-0.2, 0) is 6.54 Å². The summed E-state index contributed by atoms with van der Waals surface area (Å²) in [7, 11) is 0. The number of rotatable bonds is 4. The van der Waals surface area contributed by atoms with Crippen molar-refractivity contribution in [1.29, 1.82) is 0 Å². The topological polar surface area (TPSA) is 55.6 Å². The van der Waals surface area contributed by atoms with E-state index in [0.717, 1.165) is 34.2 Å². The molecule has 3 heterocycles. The second kappa shape index (κ2) is 5.44. The van der Waals surface area contributed by atoms with Gasteiger partial charge in [0.15, 0.2) is 5.82 Å². The van der Waals surface area contributed by atoms with Crippen molar-refractivity contribution in [2.24, 2.45) is 0 Å². The van der Waals surface area contributed by atoms with Gasteiger partial charge >= 0.3 is 0 Å². The Hall–Kier alpha value is -1.95. The summed E-state index contributed by atoms with van der Waals surface area (Å²) < 4.78 is 2.06. The highest BCUT2D eigenvalue weighted by Crippen LogP contribution is 2.33. The van der Waals surface area contributed by atoms with Gasteiger partial charge in [-0.05, 0) is 33.3 Å². The van der Waals surface area contributed by atoms with Crippen molar-refractivity contribution in [1.82, 2.24) is 19.5 Å². The molecule has 0 saturated carbocycles. The third-order valence-corrected chi connectivity index (χ3v) is 4.76. The van der Waals surface area contributed by atoms with Crippen LogP contribution in [0.4, 0.5) is 5.82 Å². The summed E-state index contributed by atoms with van der Waals surface area (Å²) in [6, 6.07) is 0. The zero-order valence-corrected chi connectivity index (χ0v) is 13.6. The highest BCUT2D eigenvalue weighted by atomic mass is 32.1. The molecule has 0 bridgehead atoms. The molecule has 0 unspecified atom stereocenters. The normalized spacial score (nSPS) is 11.2. The molecule has 0 fully saturated rings. The van der Waals surface area contributed by atoms with E-state index in [-0.39, 0.29) is 0 Å². The molecular weight excluding hydrogens is 282 g/mol. The molecule has 0 aromatic carbocycles. The summed E-state index contributed by atoms with van der Waals surface area (Å²) in [6.45, 7) is 9.85. The smallest absolute Gasteiger partial charge is 0.152 e. The van der Waals surface area contributed by atoms with E-state index in [1.807, 2.05) is 13.1 Å². The maximum Gasteiger partial charge on any atom is 0.152 e. The Morgan fingerprint density at radius 1 is 1.24 bits per heavy atom. The molecular formula is C15H19N5S. The van der Waals surface area contributed by atoms with Gasteiger partial charge in [-0.25, -0.2) is 15.0 Å². The molecule has 3 aromatic rings. The van der Waals surface area contributed by atoms with Gasteiger partial charge in [0, 0.05) is 23.8 Å². The van der Waals surface area contributed by atoms with E-state index in [1.165, 1.54) is 10.4 Å². The van der Waals surface area contributed by atoms with Crippen LogP contribution in [0.1, 0.15) is 29.0 Å². The van der Waals surface area contributed by atoms with E-state index in [4.69, 9.17) is 9.97 Å². The number of fused-ring (bicyclic) bond motifs is 1. The zero-order valence-electron chi connectivity index (χ0n) is 12.8. The van der Waals surface area contributed by atoms with E-state index in [0.29, 0.717) is 6.54 Å². The van der Waals surface area contributed by atoms with Gasteiger partial charge in [-0.3, -0.25) is 0 Å². The van der Waals surface area contributed by atoms with Crippen molar-refractivity contribution in [3.05, 3.63) is 34.5 Å². The van der Waals surface area contributed by atoms with E-state index in [9.17, 15) is 0 Å². The molecule has 0 atom stereocenters. The molecule has 0 radical (unpaired) electrons. The lowest BCUT2D eigenvalue weighted by atomic mass is 10.2. The third kappa shape index (κ3) is 2.51. The summed E-state index contributed by atoms with van der Waals surface area (Å²) in [6.07, 6.45) is 3.76. The first-order valence-electron chi connectivity index (χ1n) is 7.08. The number of anilines is 1. The van der Waals surface area contributed by atoms with Crippen LogP contribution in [0.2, 0.25) is 0 Å². The van der Waals surface area contributed by atoms with Gasteiger partial charge in [-0.2, -0.15) is 0 Å². The van der Waals surface area contributed by atoms with Crippen molar-refractivity contribution >= 4 is 27.4 Å². The van der Waals surface area contributed by atoms with Crippen LogP contribution in [0.15, 0.2) is 12.4 Å². The minimum absolute atomic E-state index is 0.649. The number of hydrogen-bond acceptors (Lipinski definition) is 5. The minimum Gasteiger partial charge on any atom is -0.370 e. The average Bonchev–Trinajstić information content (AvgIpc) is 2.95. The van der Waals surface area contributed by atoms with Crippen molar-refractivity contribution in [2.75, 3.05) is 11.9 Å². The molecule has 3 aromatic heterocycles. The van der Waals surface area contributed by atoms with Gasteiger partial charge in [0.05, 0.1) is 11.9 Å². The number of hydrogen-bond donors (Lipinski definition) is 1. The molecule has 0 spiro atoms. The predicted molar refractivity (Wildman–Crippen MR) is 87.1 cm³/mol. The first-order valence-corrected chi connectivity index (χ1v) is 7.90. The number of aromatic nitrogens is 4. The van der Waals surface area contributed by atoms with Crippen molar-refractivity contribution in [2.45, 2.75) is 34.2 Å². The Kier molecular flexibility index (Phi) is 3.63. The molecule has 0 amide bonds. The van der Waals surface area contributed by atoms with E-state index in [2.05, 4.69) is 35.6 Å². The van der Waals surface area contributed by atoms with Crippen LogP contribution >= 0.6 is 11.3 Å². The van der Waals surface area contributed by atoms with Crippen molar-refractivity contribution < 1.29 is 0 Å². The van der Waals surface area contributed by atoms with Crippen LogP contribution in [0, 0.1) is 20.8 Å². The molecule has 1 N–H and O–H groups in total. The Labute approximate surface area is 128 Å². The lowest BCUT2D eigenvalue weighted by Crippen LogP contribution is -2.08. The van der Waals surface area contributed by atoms with Crippen LogP contribution < -0.4 is 5.32 Å². The van der Waals surface area contributed by atoms with E-state index in [1.54, 1.807) is 17.5 Å². The van der Waals surface area contributed by atoms with Gasteiger partial charge in [0.1, 0.15) is 16.5 Å². The predicted octanol–water partition coefficient (Wildman–Crippen LogP) is 3.29. The maximum atomic E-state index is 4.73. The first kappa shape index (κ1) is 14.0. The molecule has 5 nitrogen and oxygen atoms in total. The molecule has 110 valence electrons. The Morgan fingerprint density at radius 2 is 2.05 bits per heavy atom. The highest BCUT2D eigenvalue weighted by molar-refractivity contribution is 7.18. The Balaban J connectivity index is 2.10. The highest BCUT2D eigenvalue weighted by Gasteiger charge is 2.14. The quantitative estimate of drug-likeness (QED) is 0.803. The SMILES string of the molecule is CCNc1nc(Cn2ccnc2C)nc2sc(C)c(C)c12. The number of nitrogens with zero attached hydrogens (tertiary/aromatic N) is 4. The van der Waals surface area contributed by atoms with Crippen LogP contribution in [0.3, 0.4) is 0 Å². The van der Waals surface area contributed by atoms with Gasteiger partial charge in [0.2, 0.25) is 0 Å². The third-order valence-electron chi connectivity index (χ3n) is 3.65. The molecule has 3 rings (SSSR count). The second-order valence-electron chi connectivity index (χ2n) is 5.08. The molecule has 0 saturated heterocycles. The van der Waals surface area contributed by atoms with Gasteiger partial charge in [-0.1, -0.05) is 0 Å². The fourth-order valence-electron chi connectivity index (χ4n) is 2.38. The van der Waals surface area contributed by atoms with E-state index < -0.39 is 0 Å².